The summed E-state index contributed by atoms with van der Waals surface area (Å²) < 4.78 is 27.7. The molecule has 5 heterocycles. The Morgan fingerprint density at radius 2 is 1.44 bits per heavy atom. The summed E-state index contributed by atoms with van der Waals surface area (Å²) >= 11 is 0. The summed E-state index contributed by atoms with van der Waals surface area (Å²) in [6, 6.07) is 26.1. The van der Waals surface area contributed by atoms with Crippen molar-refractivity contribution in [2.45, 2.75) is 108 Å². The van der Waals surface area contributed by atoms with Gasteiger partial charge in [0.25, 0.3) is 5.82 Å². The molecular weight excluding hydrogens is 991 g/mol. The monoisotopic (exact) mass is 1050 g/mol. The smallest absolute Gasteiger partial charge is 0.277 e. The summed E-state index contributed by atoms with van der Waals surface area (Å²) in [6.07, 6.45) is -9.13. The van der Waals surface area contributed by atoms with Crippen molar-refractivity contribution in [2.24, 2.45) is 0 Å². The van der Waals surface area contributed by atoms with Gasteiger partial charge in [0.2, 0.25) is 6.41 Å². The number of ether oxygens (including phenoxy) is 4. The highest BCUT2D eigenvalue weighted by Crippen LogP contribution is 2.31. The quantitative estimate of drug-likeness (QED) is 0.0249. The van der Waals surface area contributed by atoms with Crippen LogP contribution >= 0.6 is 0 Å². The molecule has 3 aromatic heterocycles. The Balaban J connectivity index is 0.00000684. The highest BCUT2D eigenvalue weighted by atomic mass is 127. The Hall–Kier alpha value is -4.69. The van der Waals surface area contributed by atoms with Gasteiger partial charge in [-0.2, -0.15) is 0 Å². The lowest BCUT2D eigenvalue weighted by Gasteiger charge is -2.40. The lowest BCUT2D eigenvalue weighted by molar-refractivity contribution is -0.676. The predicted octanol–water partition coefficient (Wildman–Crippen LogP) is -1.38. The molecule has 8 rings (SSSR count). The molecule has 366 valence electrons. The second kappa shape index (κ2) is 23.3. The van der Waals surface area contributed by atoms with Gasteiger partial charge in [-0.25, -0.2) is 19.1 Å². The molecule has 2 aliphatic heterocycles. The van der Waals surface area contributed by atoms with Crippen LogP contribution in [0, 0.1) is 0 Å². The lowest BCUT2D eigenvalue weighted by Crippen LogP contribution is -3.00. The number of halogens is 1. The molecule has 2 aliphatic rings. The summed E-state index contributed by atoms with van der Waals surface area (Å²) in [5.74, 6) is 1.26. The molecule has 19 nitrogen and oxygen atoms in total. The topological polar surface area (TPSA) is 258 Å². The third kappa shape index (κ3) is 11.3. The van der Waals surface area contributed by atoms with E-state index in [1.165, 1.54) is 4.90 Å². The number of nitrogen functional groups attached to an aromatic ring is 1. The Labute approximate surface area is 410 Å². The van der Waals surface area contributed by atoms with Crippen molar-refractivity contribution in [3.05, 3.63) is 114 Å². The van der Waals surface area contributed by atoms with Gasteiger partial charge in [0.05, 0.1) is 38.5 Å². The maximum atomic E-state index is 12.6. The number of hydrogen-bond donors (Lipinski definition) is 8. The van der Waals surface area contributed by atoms with Gasteiger partial charge in [0, 0.05) is 30.4 Å². The van der Waals surface area contributed by atoms with E-state index in [1.54, 1.807) is 41.4 Å². The number of benzene rings is 3. The number of hydrogen-bond acceptors (Lipinski definition) is 15. The number of fused-ring (bicyclic) bond motifs is 2. The third-order valence-corrected chi connectivity index (χ3v) is 12.6. The van der Waals surface area contributed by atoms with E-state index in [-0.39, 0.29) is 68.5 Å². The van der Waals surface area contributed by atoms with Crippen LogP contribution in [-0.4, -0.2) is 143 Å². The SMILES string of the molecule is CCn1c(CN(C=O)c2nc3cc[nH]c3nc2N)[n+](CC)c2cc(CCCN(C[C@H](O)[C@@H](O)[C@@H]3OC(c4ccccc4)OC[C@H]3O)C[C@H](O)[C@@H](O)[C@@H]3OC(c4ccccc4)OC[C@H]3O)ccc21.[I-]. The van der Waals surface area contributed by atoms with Gasteiger partial charge in [-0.05, 0) is 57.0 Å². The number of aryl methyl sites for hydroxylation is 3. The molecule has 68 heavy (non-hydrogen) atoms. The number of anilines is 2. The summed E-state index contributed by atoms with van der Waals surface area (Å²) in [4.78, 5) is 27.8. The summed E-state index contributed by atoms with van der Waals surface area (Å²) in [5.41, 5.74) is 11.7. The van der Waals surface area contributed by atoms with Crippen molar-refractivity contribution < 1.29 is 82.9 Å². The molecule has 1 amide bonds. The minimum absolute atomic E-state index is 0. The van der Waals surface area contributed by atoms with Crippen molar-refractivity contribution in [2.75, 3.05) is 43.5 Å². The highest BCUT2D eigenvalue weighted by Gasteiger charge is 2.42. The standard InChI is InChI=1S/C48H61N8O11.HI/c1-3-55-33-18-17-29(22-34(33)56(4-2)39(55)25-54(28-57)46-44(49)52-45-32(51-46)19-20-50-45)12-11-21-53(23-35(58)40(62)42-37(60)26-64-47(66-42)30-13-7-5-8-14-30)24-36(59)41(63)43-38(61)27-65-48(67-43)31-15-9-6-10-16-31;/h5-10,13-20,22,28,35-38,40-43,47-48,58-63H,3-4,11-12,21,23-27H2,1-2H3,(H3,49,50,52);1H/q+1;/p-1/t35-,36-,37+,38+,40+,41+,42+,43+,47?,48?;/m0./s1. The van der Waals surface area contributed by atoms with E-state index in [0.717, 1.165) is 22.4 Å². The zero-order valence-corrected chi connectivity index (χ0v) is 40.1. The van der Waals surface area contributed by atoms with Gasteiger partial charge in [0.15, 0.2) is 40.9 Å². The van der Waals surface area contributed by atoms with Crippen LogP contribution in [0.1, 0.15) is 55.4 Å². The first-order valence-corrected chi connectivity index (χ1v) is 22.8. The molecule has 6 aromatic rings. The molecule has 0 radical (unpaired) electrons. The Morgan fingerprint density at radius 3 is 1.99 bits per heavy atom. The van der Waals surface area contributed by atoms with Gasteiger partial charge < -0.3 is 84.3 Å². The van der Waals surface area contributed by atoms with Crippen molar-refractivity contribution >= 4 is 40.2 Å². The first kappa shape index (κ1) is 51.2. The van der Waals surface area contributed by atoms with Gasteiger partial charge in [-0.15, -0.1) is 0 Å². The Morgan fingerprint density at radius 1 is 0.853 bits per heavy atom. The number of nitrogens with two attached hydrogens (primary N) is 1. The number of H-pyrrole nitrogens is 1. The first-order valence-electron chi connectivity index (χ1n) is 22.8. The number of aliphatic hydroxyl groups is 6. The van der Waals surface area contributed by atoms with E-state index in [4.69, 9.17) is 24.7 Å². The third-order valence-electron chi connectivity index (χ3n) is 12.6. The molecule has 2 fully saturated rings. The number of nitrogens with zero attached hydrogens (tertiary/aromatic N) is 6. The number of aromatic amines is 1. The molecule has 2 unspecified atom stereocenters. The number of aliphatic hydroxyl groups excluding tert-OH is 6. The lowest BCUT2D eigenvalue weighted by atomic mass is 9.99. The van der Waals surface area contributed by atoms with Gasteiger partial charge in [-0.1, -0.05) is 66.7 Å². The highest BCUT2D eigenvalue weighted by molar-refractivity contribution is 5.84. The van der Waals surface area contributed by atoms with E-state index >= 15 is 0 Å². The van der Waals surface area contributed by atoms with Crippen LogP contribution in [0.2, 0.25) is 0 Å². The van der Waals surface area contributed by atoms with E-state index in [0.29, 0.717) is 61.2 Å². The van der Waals surface area contributed by atoms with Crippen LogP contribution in [0.5, 0.6) is 0 Å². The first-order chi connectivity index (χ1) is 32.5. The second-order valence-electron chi connectivity index (χ2n) is 17.1. The average Bonchev–Trinajstić information content (AvgIpc) is 3.93. The minimum Gasteiger partial charge on any atom is -1.00 e. The van der Waals surface area contributed by atoms with Crippen LogP contribution < -0.4 is 39.2 Å². The fourth-order valence-electron chi connectivity index (χ4n) is 9.11. The summed E-state index contributed by atoms with van der Waals surface area (Å²) in [7, 11) is 0. The van der Waals surface area contributed by atoms with E-state index < -0.39 is 61.4 Å². The minimum atomic E-state index is -1.55. The fourth-order valence-corrected chi connectivity index (χ4v) is 9.11. The van der Waals surface area contributed by atoms with Gasteiger partial charge in [-0.3, -0.25) is 14.6 Å². The maximum Gasteiger partial charge on any atom is 0.277 e. The number of carbonyl (C=O) groups is 1. The molecule has 0 saturated carbocycles. The molecule has 0 bridgehead atoms. The Kier molecular flexibility index (Phi) is 17.5. The molecule has 9 N–H and O–H groups in total. The molecule has 20 heteroatoms. The normalized spacial score (nSPS) is 22.7. The number of nitrogens with one attached hydrogen (secondary N) is 1. The fraction of sp³-hybridized carbons (Fsp3) is 0.458. The van der Waals surface area contributed by atoms with Crippen LogP contribution in [0.25, 0.3) is 22.2 Å². The largest absolute Gasteiger partial charge is 1.00 e. The molecule has 10 atom stereocenters. The van der Waals surface area contributed by atoms with Gasteiger partial charge >= 0.3 is 0 Å². The Bertz CT molecular complexity index is 2480. The summed E-state index contributed by atoms with van der Waals surface area (Å²) in [5, 5.41) is 67.8. The molecule has 2 saturated heterocycles. The van der Waals surface area contributed by atoms with Crippen molar-refractivity contribution in [1.82, 2.24) is 24.4 Å². The van der Waals surface area contributed by atoms with Crippen molar-refractivity contribution in [3.63, 3.8) is 0 Å². The predicted molar refractivity (Wildman–Crippen MR) is 245 cm³/mol. The molecule has 0 aliphatic carbocycles. The second-order valence-corrected chi connectivity index (χ2v) is 17.1. The summed E-state index contributed by atoms with van der Waals surface area (Å²) in [6.45, 7) is 5.20. The van der Waals surface area contributed by atoms with Crippen LogP contribution in [0.15, 0.2) is 91.1 Å². The van der Waals surface area contributed by atoms with Crippen LogP contribution in [0.3, 0.4) is 0 Å². The molecule has 3 aromatic carbocycles. The molecular formula is C48H61IN8O11. The van der Waals surface area contributed by atoms with Crippen LogP contribution in [0.4, 0.5) is 11.6 Å². The zero-order chi connectivity index (χ0) is 47.2. The number of aromatic nitrogens is 5. The zero-order valence-electron chi connectivity index (χ0n) is 37.9. The molecule has 0 spiro atoms. The maximum absolute atomic E-state index is 12.6. The average molecular weight is 1050 g/mol. The van der Waals surface area contributed by atoms with Gasteiger partial charge in [0.1, 0.15) is 48.7 Å². The number of carbonyl (C=O) groups excluding carboxylic acids is 1. The van der Waals surface area contributed by atoms with E-state index in [1.807, 2.05) is 56.3 Å². The number of amides is 1. The van der Waals surface area contributed by atoms with E-state index in [2.05, 4.69) is 36.2 Å². The number of imidazole rings is 1. The van der Waals surface area contributed by atoms with Crippen molar-refractivity contribution in [1.29, 1.82) is 0 Å². The van der Waals surface area contributed by atoms with E-state index in [9.17, 15) is 35.4 Å². The number of rotatable bonds is 20. The van der Waals surface area contributed by atoms with Crippen molar-refractivity contribution in [3.8, 4) is 0 Å². The van der Waals surface area contributed by atoms with Crippen LogP contribution in [-0.2, 0) is 49.8 Å².